The van der Waals surface area contributed by atoms with Crippen LogP contribution >= 0.6 is 0 Å². The number of amides is 1. The maximum Gasteiger partial charge on any atom is 0.232 e. The Bertz CT molecular complexity index is 600. The largest absolute Gasteiger partial charge is 0.339 e. The summed E-state index contributed by atoms with van der Waals surface area (Å²) in [5, 5.41) is 4.15. The summed E-state index contributed by atoms with van der Waals surface area (Å²) in [7, 11) is 0. The van der Waals surface area contributed by atoms with Gasteiger partial charge in [-0.25, -0.2) is 0 Å². The van der Waals surface area contributed by atoms with Crippen LogP contribution in [0, 0.1) is 5.92 Å². The maximum absolute atomic E-state index is 12.5. The van der Waals surface area contributed by atoms with Gasteiger partial charge >= 0.3 is 0 Å². The minimum absolute atomic E-state index is 0.0307. The Morgan fingerprint density at radius 3 is 2.62 bits per heavy atom. The first-order valence-electron chi connectivity index (χ1n) is 9.47. The molecule has 2 heterocycles. The highest BCUT2D eigenvalue weighted by atomic mass is 16.5. The predicted octanol–water partition coefficient (Wildman–Crippen LogP) is 2.69. The average Bonchev–Trinajstić information content (AvgIpc) is 3.28. The first-order valence-corrected chi connectivity index (χ1v) is 9.47. The molecule has 1 aromatic rings. The van der Waals surface area contributed by atoms with Crippen LogP contribution < -0.4 is 5.73 Å². The number of carbonyl (C=O) groups excluding carboxylic acids is 1. The van der Waals surface area contributed by atoms with Gasteiger partial charge in [0.15, 0.2) is 5.82 Å². The topological polar surface area (TPSA) is 85.2 Å². The van der Waals surface area contributed by atoms with Crippen LogP contribution in [0.15, 0.2) is 4.52 Å². The lowest BCUT2D eigenvalue weighted by Crippen LogP contribution is -2.38. The molecule has 3 fully saturated rings. The molecule has 132 valence electrons. The van der Waals surface area contributed by atoms with Crippen LogP contribution in [0.4, 0.5) is 0 Å². The van der Waals surface area contributed by atoms with Gasteiger partial charge in [-0.05, 0) is 44.4 Å². The van der Waals surface area contributed by atoms with Gasteiger partial charge in [-0.1, -0.05) is 24.9 Å². The predicted molar refractivity (Wildman–Crippen MR) is 89.1 cm³/mol. The number of aromatic nitrogens is 2. The Hall–Kier alpha value is -1.43. The molecule has 1 aliphatic heterocycles. The molecule has 2 aliphatic carbocycles. The highest BCUT2D eigenvalue weighted by molar-refractivity contribution is 5.79. The highest BCUT2D eigenvalue weighted by Crippen LogP contribution is 2.37. The van der Waals surface area contributed by atoms with Crippen molar-refractivity contribution in [2.45, 2.75) is 82.2 Å². The van der Waals surface area contributed by atoms with Gasteiger partial charge in [-0.3, -0.25) is 4.79 Å². The summed E-state index contributed by atoms with van der Waals surface area (Å²) in [5.41, 5.74) is 5.99. The van der Waals surface area contributed by atoms with E-state index in [4.69, 9.17) is 10.3 Å². The maximum atomic E-state index is 12.5. The molecule has 6 nitrogen and oxygen atoms in total. The molecule has 0 bridgehead atoms. The minimum atomic E-state index is -0.427. The Balaban J connectivity index is 1.44. The molecule has 4 rings (SSSR count). The first kappa shape index (κ1) is 16.1. The second-order valence-corrected chi connectivity index (χ2v) is 8.18. The summed E-state index contributed by atoms with van der Waals surface area (Å²) >= 11 is 0. The third-order valence-electron chi connectivity index (χ3n) is 6.32. The van der Waals surface area contributed by atoms with Crippen LogP contribution in [0.5, 0.6) is 0 Å². The van der Waals surface area contributed by atoms with E-state index >= 15 is 0 Å². The molecule has 2 N–H and O–H groups in total. The summed E-state index contributed by atoms with van der Waals surface area (Å²) in [6.45, 7) is 3.02. The van der Waals surface area contributed by atoms with E-state index in [-0.39, 0.29) is 11.8 Å². The number of likely N-dealkylation sites (tertiary alicyclic amines) is 1. The summed E-state index contributed by atoms with van der Waals surface area (Å²) in [6, 6.07) is 0.400. The molecular formula is C18H28N4O2. The van der Waals surface area contributed by atoms with Crippen molar-refractivity contribution in [3.8, 4) is 0 Å². The second-order valence-electron chi connectivity index (χ2n) is 8.18. The van der Waals surface area contributed by atoms with E-state index in [1.165, 1.54) is 12.8 Å². The van der Waals surface area contributed by atoms with Crippen molar-refractivity contribution in [2.75, 3.05) is 6.54 Å². The van der Waals surface area contributed by atoms with E-state index < -0.39 is 5.54 Å². The third kappa shape index (κ3) is 2.85. The Labute approximate surface area is 143 Å². The Morgan fingerprint density at radius 1 is 1.21 bits per heavy atom. The molecule has 2 saturated carbocycles. The first-order chi connectivity index (χ1) is 11.5. The summed E-state index contributed by atoms with van der Waals surface area (Å²) < 4.78 is 5.51. The second kappa shape index (κ2) is 6.14. The smallest absolute Gasteiger partial charge is 0.232 e. The molecule has 1 saturated heterocycles. The molecule has 1 unspecified atom stereocenters. The quantitative estimate of drug-likeness (QED) is 0.920. The number of nitrogens with zero attached hydrogens (tertiary/aromatic N) is 3. The van der Waals surface area contributed by atoms with Crippen molar-refractivity contribution in [3.05, 3.63) is 11.7 Å². The summed E-state index contributed by atoms with van der Waals surface area (Å²) in [5.74, 6) is 2.29. The normalized spacial score (nSPS) is 33.3. The molecular weight excluding hydrogens is 304 g/mol. The third-order valence-corrected chi connectivity index (χ3v) is 6.32. The van der Waals surface area contributed by atoms with Gasteiger partial charge in [0.2, 0.25) is 11.8 Å². The number of rotatable bonds is 3. The molecule has 0 spiro atoms. The SMILES string of the molecule is CC1CCC(N2CC(c3nc(C4(N)CCCC4)no3)CC2=O)CC1. The molecule has 1 amide bonds. The van der Waals surface area contributed by atoms with Crippen molar-refractivity contribution in [2.24, 2.45) is 11.7 Å². The molecule has 1 aromatic heterocycles. The molecule has 3 aliphatic rings. The van der Waals surface area contributed by atoms with E-state index in [2.05, 4.69) is 22.0 Å². The van der Waals surface area contributed by atoms with Crippen LogP contribution in [0.2, 0.25) is 0 Å². The van der Waals surface area contributed by atoms with Crippen molar-refractivity contribution in [1.82, 2.24) is 15.0 Å². The van der Waals surface area contributed by atoms with Gasteiger partial charge < -0.3 is 15.2 Å². The van der Waals surface area contributed by atoms with Crippen molar-refractivity contribution < 1.29 is 9.32 Å². The van der Waals surface area contributed by atoms with Crippen molar-refractivity contribution in [1.29, 1.82) is 0 Å². The van der Waals surface area contributed by atoms with Crippen LogP contribution in [0.25, 0.3) is 0 Å². The standard InChI is InChI=1S/C18H28N4O2/c1-12-4-6-14(7-5-12)22-11-13(10-15(22)23)16-20-17(21-24-16)18(19)8-2-3-9-18/h12-14H,2-11,19H2,1H3. The lowest BCUT2D eigenvalue weighted by Gasteiger charge is -2.33. The Morgan fingerprint density at radius 2 is 1.92 bits per heavy atom. The fourth-order valence-electron chi connectivity index (χ4n) is 4.64. The van der Waals surface area contributed by atoms with Crippen molar-refractivity contribution in [3.63, 3.8) is 0 Å². The zero-order valence-electron chi connectivity index (χ0n) is 14.5. The lowest BCUT2D eigenvalue weighted by molar-refractivity contribution is -0.130. The van der Waals surface area contributed by atoms with Gasteiger partial charge in [-0.2, -0.15) is 4.98 Å². The van der Waals surface area contributed by atoms with E-state index in [9.17, 15) is 4.79 Å². The van der Waals surface area contributed by atoms with Gasteiger partial charge in [0.25, 0.3) is 0 Å². The fraction of sp³-hybridized carbons (Fsp3) is 0.833. The Kier molecular flexibility index (Phi) is 4.11. The minimum Gasteiger partial charge on any atom is -0.339 e. The fourth-order valence-corrected chi connectivity index (χ4v) is 4.64. The van der Waals surface area contributed by atoms with Gasteiger partial charge in [-0.15, -0.1) is 0 Å². The van der Waals surface area contributed by atoms with E-state index in [1.54, 1.807) is 0 Å². The number of carbonyl (C=O) groups is 1. The van der Waals surface area contributed by atoms with Crippen LogP contribution in [0.3, 0.4) is 0 Å². The molecule has 6 heteroatoms. The molecule has 0 aromatic carbocycles. The summed E-state index contributed by atoms with van der Waals surface area (Å²) in [6.07, 6.45) is 9.27. The van der Waals surface area contributed by atoms with Crippen LogP contribution in [-0.4, -0.2) is 33.5 Å². The number of hydrogen-bond donors (Lipinski definition) is 1. The molecule has 0 radical (unpaired) electrons. The van der Waals surface area contributed by atoms with E-state index in [0.29, 0.717) is 24.2 Å². The zero-order valence-corrected chi connectivity index (χ0v) is 14.5. The number of hydrogen-bond acceptors (Lipinski definition) is 5. The molecule has 24 heavy (non-hydrogen) atoms. The highest BCUT2D eigenvalue weighted by Gasteiger charge is 2.41. The van der Waals surface area contributed by atoms with Gasteiger partial charge in [0, 0.05) is 19.0 Å². The van der Waals surface area contributed by atoms with Crippen LogP contribution in [0.1, 0.15) is 82.3 Å². The average molecular weight is 332 g/mol. The molecule has 1 atom stereocenters. The van der Waals surface area contributed by atoms with Crippen molar-refractivity contribution >= 4 is 5.91 Å². The van der Waals surface area contributed by atoms with E-state index in [0.717, 1.165) is 51.0 Å². The van der Waals surface area contributed by atoms with E-state index in [1.807, 2.05) is 0 Å². The monoisotopic (exact) mass is 332 g/mol. The van der Waals surface area contributed by atoms with Gasteiger partial charge in [0.1, 0.15) is 0 Å². The lowest BCUT2D eigenvalue weighted by atomic mass is 9.87. The van der Waals surface area contributed by atoms with Crippen LogP contribution in [-0.2, 0) is 10.3 Å². The zero-order chi connectivity index (χ0) is 16.7. The number of nitrogens with two attached hydrogens (primary N) is 1. The summed E-state index contributed by atoms with van der Waals surface area (Å²) in [4.78, 5) is 19.1. The van der Waals surface area contributed by atoms with Gasteiger partial charge in [0.05, 0.1) is 11.5 Å².